The number of nitrogens with zero attached hydrogens (tertiary/aromatic N) is 3. The number of carboxylic acid groups (broad SMARTS) is 1. The number of hydrogen-bond acceptors (Lipinski definition) is 7. The van der Waals surface area contributed by atoms with Gasteiger partial charge in [0, 0.05) is 17.3 Å². The van der Waals surface area contributed by atoms with Gasteiger partial charge in [0.1, 0.15) is 5.56 Å². The number of fused-ring (bicyclic) bond motifs is 1. The summed E-state index contributed by atoms with van der Waals surface area (Å²) in [7, 11) is 4.50. The van der Waals surface area contributed by atoms with Crippen molar-refractivity contribution in [3.05, 3.63) is 30.0 Å². The third-order valence-electron chi connectivity index (χ3n) is 3.70. The van der Waals surface area contributed by atoms with Crippen LogP contribution >= 0.6 is 0 Å². The number of nitrogens with two attached hydrogens (primary N) is 1. The Bertz CT molecular complexity index is 967. The second-order valence-electron chi connectivity index (χ2n) is 5.07. The molecule has 9 nitrogen and oxygen atoms in total. The third kappa shape index (κ3) is 2.65. The van der Waals surface area contributed by atoms with E-state index in [1.807, 2.05) is 0 Å². The zero-order valence-electron chi connectivity index (χ0n) is 13.8. The van der Waals surface area contributed by atoms with Gasteiger partial charge in [-0.3, -0.25) is 0 Å². The van der Waals surface area contributed by atoms with Crippen molar-refractivity contribution in [2.45, 2.75) is 0 Å². The maximum absolute atomic E-state index is 11.6. The largest absolute Gasteiger partial charge is 0.493 e. The first-order valence-electron chi connectivity index (χ1n) is 7.18. The molecule has 0 bridgehead atoms. The van der Waals surface area contributed by atoms with Crippen LogP contribution in [-0.2, 0) is 0 Å². The van der Waals surface area contributed by atoms with Crippen LogP contribution < -0.4 is 19.9 Å². The molecule has 2 aromatic heterocycles. The van der Waals surface area contributed by atoms with E-state index in [0.29, 0.717) is 28.4 Å². The summed E-state index contributed by atoms with van der Waals surface area (Å²) in [6.45, 7) is 0. The van der Waals surface area contributed by atoms with Crippen LogP contribution in [0.1, 0.15) is 10.4 Å². The lowest BCUT2D eigenvalue weighted by Gasteiger charge is -2.16. The fourth-order valence-electron chi connectivity index (χ4n) is 2.64. The minimum absolute atomic E-state index is 0.0149. The molecule has 0 radical (unpaired) electrons. The van der Waals surface area contributed by atoms with Gasteiger partial charge in [-0.2, -0.15) is 4.98 Å². The van der Waals surface area contributed by atoms with Crippen molar-refractivity contribution in [2.75, 3.05) is 27.1 Å². The number of hydrogen-bond donors (Lipinski definition) is 2. The van der Waals surface area contributed by atoms with E-state index in [1.54, 1.807) is 18.3 Å². The summed E-state index contributed by atoms with van der Waals surface area (Å²) in [6.07, 6.45) is 1.62. The molecule has 0 spiro atoms. The van der Waals surface area contributed by atoms with E-state index in [0.717, 1.165) is 0 Å². The lowest BCUT2D eigenvalue weighted by Crippen LogP contribution is -2.03. The highest BCUT2D eigenvalue weighted by molar-refractivity contribution is 5.96. The molecule has 25 heavy (non-hydrogen) atoms. The SMILES string of the molecule is COc1ccc(-c2cc(C(=O)O)c3nc(N)nn3c2)c(OC)c1OC. The van der Waals surface area contributed by atoms with Crippen molar-refractivity contribution in [3.8, 4) is 28.4 Å². The molecule has 0 fully saturated rings. The van der Waals surface area contributed by atoms with Crippen molar-refractivity contribution in [2.24, 2.45) is 0 Å². The van der Waals surface area contributed by atoms with Gasteiger partial charge in [-0.1, -0.05) is 0 Å². The number of aromatic nitrogens is 3. The van der Waals surface area contributed by atoms with Crippen LogP contribution in [0.5, 0.6) is 17.2 Å². The van der Waals surface area contributed by atoms with Crippen LogP contribution in [-0.4, -0.2) is 47.0 Å². The maximum Gasteiger partial charge on any atom is 0.339 e. The average Bonchev–Trinajstić information content (AvgIpc) is 2.98. The molecule has 0 unspecified atom stereocenters. The molecule has 0 saturated heterocycles. The van der Waals surface area contributed by atoms with Crippen molar-refractivity contribution in [1.82, 2.24) is 14.6 Å². The highest BCUT2D eigenvalue weighted by atomic mass is 16.5. The molecular formula is C16H16N4O5. The number of pyridine rings is 1. The third-order valence-corrected chi connectivity index (χ3v) is 3.70. The molecule has 3 aromatic rings. The number of rotatable bonds is 5. The van der Waals surface area contributed by atoms with Gasteiger partial charge >= 0.3 is 5.97 Å². The number of carbonyl (C=O) groups is 1. The van der Waals surface area contributed by atoms with Gasteiger partial charge in [0.2, 0.25) is 11.7 Å². The molecule has 2 heterocycles. The predicted molar refractivity (Wildman–Crippen MR) is 89.5 cm³/mol. The van der Waals surface area contributed by atoms with E-state index in [4.69, 9.17) is 19.9 Å². The second-order valence-corrected chi connectivity index (χ2v) is 5.07. The fourth-order valence-corrected chi connectivity index (χ4v) is 2.64. The standard InChI is InChI=1S/C16H16N4O5/c1-23-11-5-4-9(12(24-2)13(11)25-3)8-6-10(15(21)22)14-18-16(17)19-20(14)7-8/h4-7H,1-3H3,(H2,17,19)(H,21,22). The Kier molecular flexibility index (Phi) is 4.05. The molecule has 0 aliphatic carbocycles. The minimum atomic E-state index is -1.14. The van der Waals surface area contributed by atoms with Crippen molar-refractivity contribution >= 4 is 17.6 Å². The van der Waals surface area contributed by atoms with Gasteiger partial charge < -0.3 is 25.1 Å². The number of aromatic carboxylic acids is 1. The van der Waals surface area contributed by atoms with E-state index in [2.05, 4.69) is 10.1 Å². The van der Waals surface area contributed by atoms with Gasteiger partial charge in [0.25, 0.3) is 0 Å². The van der Waals surface area contributed by atoms with Crippen LogP contribution in [0.3, 0.4) is 0 Å². The Hall–Kier alpha value is -3.49. The Labute approximate surface area is 142 Å². The summed E-state index contributed by atoms with van der Waals surface area (Å²) >= 11 is 0. The number of ether oxygens (including phenoxy) is 3. The zero-order valence-corrected chi connectivity index (χ0v) is 13.8. The quantitative estimate of drug-likeness (QED) is 0.717. The Morgan fingerprint density at radius 1 is 1.16 bits per heavy atom. The Morgan fingerprint density at radius 2 is 1.88 bits per heavy atom. The smallest absolute Gasteiger partial charge is 0.339 e. The van der Waals surface area contributed by atoms with E-state index in [-0.39, 0.29) is 17.2 Å². The van der Waals surface area contributed by atoms with Crippen LogP contribution in [0, 0.1) is 0 Å². The molecule has 0 saturated carbocycles. The molecule has 1 aromatic carbocycles. The molecule has 3 N–H and O–H groups in total. The Morgan fingerprint density at radius 3 is 2.48 bits per heavy atom. The topological polar surface area (TPSA) is 121 Å². The summed E-state index contributed by atoms with van der Waals surface area (Å²) in [6, 6.07) is 4.93. The monoisotopic (exact) mass is 344 g/mol. The first-order valence-corrected chi connectivity index (χ1v) is 7.18. The van der Waals surface area contributed by atoms with Gasteiger partial charge in [0.05, 0.1) is 21.3 Å². The summed E-state index contributed by atoms with van der Waals surface area (Å²) in [5.41, 5.74) is 6.88. The van der Waals surface area contributed by atoms with E-state index in [1.165, 1.54) is 31.9 Å². The first-order chi connectivity index (χ1) is 12.0. The van der Waals surface area contributed by atoms with Crippen LogP contribution in [0.4, 0.5) is 5.95 Å². The predicted octanol–water partition coefficient (Wildman–Crippen LogP) is 1.70. The summed E-state index contributed by atoms with van der Waals surface area (Å²) in [4.78, 5) is 15.5. The average molecular weight is 344 g/mol. The number of methoxy groups -OCH3 is 3. The van der Waals surface area contributed by atoms with Crippen LogP contribution in [0.25, 0.3) is 16.8 Å². The van der Waals surface area contributed by atoms with Gasteiger partial charge in [-0.25, -0.2) is 9.31 Å². The van der Waals surface area contributed by atoms with E-state index < -0.39 is 5.97 Å². The fraction of sp³-hybridized carbons (Fsp3) is 0.188. The lowest BCUT2D eigenvalue weighted by molar-refractivity contribution is 0.0698. The van der Waals surface area contributed by atoms with Crippen molar-refractivity contribution in [3.63, 3.8) is 0 Å². The molecule has 0 aliphatic rings. The number of benzene rings is 1. The van der Waals surface area contributed by atoms with Gasteiger partial charge in [-0.15, -0.1) is 5.10 Å². The maximum atomic E-state index is 11.6. The summed E-state index contributed by atoms with van der Waals surface area (Å²) in [5, 5.41) is 13.5. The molecule has 9 heteroatoms. The van der Waals surface area contributed by atoms with E-state index in [9.17, 15) is 9.90 Å². The molecule has 0 atom stereocenters. The van der Waals surface area contributed by atoms with Gasteiger partial charge in [-0.05, 0) is 18.2 Å². The highest BCUT2D eigenvalue weighted by Crippen LogP contribution is 2.44. The summed E-state index contributed by atoms with van der Waals surface area (Å²) < 4.78 is 17.4. The van der Waals surface area contributed by atoms with Crippen LogP contribution in [0.2, 0.25) is 0 Å². The van der Waals surface area contributed by atoms with Crippen LogP contribution in [0.15, 0.2) is 24.4 Å². The lowest BCUT2D eigenvalue weighted by atomic mass is 10.0. The molecule has 130 valence electrons. The summed E-state index contributed by atoms with van der Waals surface area (Å²) in [5.74, 6) is 0.147. The number of anilines is 1. The number of carboxylic acids is 1. The molecule has 0 amide bonds. The van der Waals surface area contributed by atoms with Crippen molar-refractivity contribution < 1.29 is 24.1 Å². The second kappa shape index (κ2) is 6.19. The zero-order chi connectivity index (χ0) is 18.1. The molecular weight excluding hydrogens is 328 g/mol. The minimum Gasteiger partial charge on any atom is -0.493 e. The highest BCUT2D eigenvalue weighted by Gasteiger charge is 2.20. The Balaban J connectivity index is 2.31. The molecule has 0 aliphatic heterocycles. The number of nitrogen functional groups attached to an aromatic ring is 1. The van der Waals surface area contributed by atoms with E-state index >= 15 is 0 Å². The molecule has 3 rings (SSSR count). The first kappa shape index (κ1) is 16.4. The van der Waals surface area contributed by atoms with Crippen molar-refractivity contribution in [1.29, 1.82) is 0 Å². The van der Waals surface area contributed by atoms with Gasteiger partial charge in [0.15, 0.2) is 17.1 Å². The normalized spacial score (nSPS) is 10.7.